The lowest BCUT2D eigenvalue weighted by Gasteiger charge is -2.20. The Morgan fingerprint density at radius 2 is 2.14 bits per heavy atom. The molecule has 114 valence electrons. The van der Waals surface area contributed by atoms with E-state index in [1.54, 1.807) is 0 Å². The van der Waals surface area contributed by atoms with Crippen LogP contribution in [0.15, 0.2) is 18.3 Å². The van der Waals surface area contributed by atoms with Crippen LogP contribution in [0.2, 0.25) is 0 Å². The van der Waals surface area contributed by atoms with Gasteiger partial charge in [0.05, 0.1) is 12.0 Å². The maximum atomic E-state index is 11.6. The minimum Gasteiger partial charge on any atom is -0.481 e. The molecule has 4 nitrogen and oxygen atoms in total. The molecule has 2 aromatic rings. The molecule has 22 heavy (non-hydrogen) atoms. The zero-order valence-electron chi connectivity index (χ0n) is 12.0. The minimum atomic E-state index is -1.06. The number of rotatable bonds is 3. The summed E-state index contributed by atoms with van der Waals surface area (Å²) in [5, 5.41) is 21.4. The van der Waals surface area contributed by atoms with Crippen molar-refractivity contribution in [2.75, 3.05) is 6.61 Å². The number of halogens is 1. The summed E-state index contributed by atoms with van der Waals surface area (Å²) in [5.74, 6) is -0.313. The summed E-state index contributed by atoms with van der Waals surface area (Å²) in [6, 6.07) is 4.21. The highest BCUT2D eigenvalue weighted by Gasteiger charge is 2.44. The zero-order chi connectivity index (χ0) is 15.5. The topological polar surface area (TPSA) is 70.4 Å². The van der Waals surface area contributed by atoms with Crippen molar-refractivity contribution in [3.8, 4) is 0 Å². The van der Waals surface area contributed by atoms with Crippen LogP contribution in [0.25, 0.3) is 10.8 Å². The fourth-order valence-corrected chi connectivity index (χ4v) is 4.42. The van der Waals surface area contributed by atoms with E-state index in [1.807, 2.05) is 6.20 Å². The molecule has 2 N–H and O–H groups in total. The van der Waals surface area contributed by atoms with Crippen molar-refractivity contribution < 1.29 is 15.0 Å². The van der Waals surface area contributed by atoms with Gasteiger partial charge in [0.15, 0.2) is 0 Å². The first kappa shape index (κ1) is 14.4. The smallest absolute Gasteiger partial charge is 0.312 e. The van der Waals surface area contributed by atoms with Crippen LogP contribution >= 0.6 is 22.6 Å². The van der Waals surface area contributed by atoms with Gasteiger partial charge in [-0.3, -0.25) is 9.78 Å². The van der Waals surface area contributed by atoms with Gasteiger partial charge < -0.3 is 10.2 Å². The molecule has 0 radical (unpaired) electrons. The van der Waals surface area contributed by atoms with Gasteiger partial charge in [-0.1, -0.05) is 0 Å². The molecule has 1 atom stereocenters. The maximum absolute atomic E-state index is 11.6. The van der Waals surface area contributed by atoms with Gasteiger partial charge in [0.1, 0.15) is 0 Å². The SMILES string of the molecule is O=C(O)C1(CO)Cc2cc3cnc(C4CC4)cc3c(I)c2C1. The molecule has 0 saturated heterocycles. The minimum absolute atomic E-state index is 0.324. The average molecular weight is 409 g/mol. The van der Waals surface area contributed by atoms with Crippen molar-refractivity contribution in [3.05, 3.63) is 38.7 Å². The van der Waals surface area contributed by atoms with E-state index in [0.717, 1.165) is 31.2 Å². The highest BCUT2D eigenvalue weighted by atomic mass is 127. The summed E-state index contributed by atoms with van der Waals surface area (Å²) >= 11 is 2.32. The summed E-state index contributed by atoms with van der Waals surface area (Å²) in [6.07, 6.45) is 5.14. The molecule has 1 fully saturated rings. The molecule has 1 aromatic carbocycles. The lowest BCUT2D eigenvalue weighted by Crippen LogP contribution is -2.35. The van der Waals surface area contributed by atoms with Gasteiger partial charge in [-0.2, -0.15) is 0 Å². The number of hydrogen-bond acceptors (Lipinski definition) is 3. The monoisotopic (exact) mass is 409 g/mol. The maximum Gasteiger partial charge on any atom is 0.312 e. The van der Waals surface area contributed by atoms with Crippen LogP contribution in [0.4, 0.5) is 0 Å². The van der Waals surface area contributed by atoms with E-state index >= 15 is 0 Å². The molecule has 0 aliphatic heterocycles. The van der Waals surface area contributed by atoms with Crippen molar-refractivity contribution in [2.45, 2.75) is 31.6 Å². The van der Waals surface area contributed by atoms with E-state index < -0.39 is 11.4 Å². The second-order valence-corrected chi connectivity index (χ2v) is 7.61. The standard InChI is InChI=1S/C17H16INO3/c18-15-12-4-14(9-1-2-9)19-7-11(12)3-10-5-17(8-20,16(21)22)6-13(10)15/h3-4,7,9,20H,1-2,5-6,8H2,(H,21,22). The molecule has 0 bridgehead atoms. The molecular formula is C17H16INO3. The second-order valence-electron chi connectivity index (χ2n) is 6.53. The molecule has 2 aliphatic rings. The number of carboxylic acid groups (broad SMARTS) is 1. The normalized spacial score (nSPS) is 23.7. The number of benzene rings is 1. The predicted octanol–water partition coefficient (Wildman–Crippen LogP) is 2.88. The second kappa shape index (κ2) is 4.89. The number of aliphatic hydroxyl groups is 1. The van der Waals surface area contributed by atoms with Crippen molar-refractivity contribution >= 4 is 39.3 Å². The van der Waals surface area contributed by atoms with Gasteiger partial charge in [-0.15, -0.1) is 0 Å². The van der Waals surface area contributed by atoms with Gasteiger partial charge in [-0.25, -0.2) is 0 Å². The van der Waals surface area contributed by atoms with E-state index in [4.69, 9.17) is 0 Å². The van der Waals surface area contributed by atoms with Crippen LogP contribution in [-0.4, -0.2) is 27.8 Å². The third-order valence-corrected chi connectivity index (χ3v) is 6.20. The number of carbonyl (C=O) groups is 1. The number of pyridine rings is 1. The Hall–Kier alpha value is -1.21. The molecule has 1 saturated carbocycles. The summed E-state index contributed by atoms with van der Waals surface area (Å²) in [7, 11) is 0. The number of hydrogen-bond donors (Lipinski definition) is 2. The Bertz CT molecular complexity index is 800. The summed E-state index contributed by atoms with van der Waals surface area (Å²) in [4.78, 5) is 16.2. The average Bonchev–Trinajstić information content (AvgIpc) is 3.28. The van der Waals surface area contributed by atoms with Crippen molar-refractivity contribution in [1.29, 1.82) is 0 Å². The van der Waals surface area contributed by atoms with E-state index in [1.165, 1.54) is 12.8 Å². The largest absolute Gasteiger partial charge is 0.481 e. The van der Waals surface area contributed by atoms with Gasteiger partial charge in [0, 0.05) is 26.8 Å². The number of aliphatic carboxylic acids is 1. The molecular weight excluding hydrogens is 393 g/mol. The molecule has 4 rings (SSSR count). The van der Waals surface area contributed by atoms with E-state index in [2.05, 4.69) is 39.7 Å². The predicted molar refractivity (Wildman–Crippen MR) is 91.0 cm³/mol. The fourth-order valence-electron chi connectivity index (χ4n) is 3.41. The van der Waals surface area contributed by atoms with Crippen LogP contribution in [0.3, 0.4) is 0 Å². The van der Waals surface area contributed by atoms with Gasteiger partial charge in [0.25, 0.3) is 0 Å². The number of aromatic nitrogens is 1. The molecule has 2 aliphatic carbocycles. The first-order chi connectivity index (χ1) is 10.5. The third kappa shape index (κ3) is 2.06. The Labute approximate surface area is 141 Å². The molecule has 1 heterocycles. The van der Waals surface area contributed by atoms with Crippen molar-refractivity contribution in [2.24, 2.45) is 5.41 Å². The molecule has 1 aromatic heterocycles. The van der Waals surface area contributed by atoms with Crippen LogP contribution < -0.4 is 0 Å². The lowest BCUT2D eigenvalue weighted by molar-refractivity contribution is -0.150. The highest BCUT2D eigenvalue weighted by Crippen LogP contribution is 2.44. The third-order valence-electron chi connectivity index (χ3n) is 4.97. The number of nitrogens with zero attached hydrogens (tertiary/aromatic N) is 1. The molecule has 1 unspecified atom stereocenters. The Morgan fingerprint density at radius 1 is 1.36 bits per heavy atom. The van der Waals surface area contributed by atoms with Crippen LogP contribution in [0, 0.1) is 8.99 Å². The Balaban J connectivity index is 1.87. The highest BCUT2D eigenvalue weighted by molar-refractivity contribution is 14.1. The summed E-state index contributed by atoms with van der Waals surface area (Å²) in [6.45, 7) is -0.324. The summed E-state index contributed by atoms with van der Waals surface area (Å²) in [5.41, 5.74) is 2.20. The lowest BCUT2D eigenvalue weighted by atomic mass is 9.86. The van der Waals surface area contributed by atoms with Gasteiger partial charge in [0.2, 0.25) is 0 Å². The Morgan fingerprint density at radius 3 is 2.77 bits per heavy atom. The van der Waals surface area contributed by atoms with Crippen LogP contribution in [0.5, 0.6) is 0 Å². The number of aliphatic hydroxyl groups excluding tert-OH is 1. The van der Waals surface area contributed by atoms with E-state index in [9.17, 15) is 15.0 Å². The molecule has 0 amide bonds. The van der Waals surface area contributed by atoms with Crippen LogP contribution in [-0.2, 0) is 17.6 Å². The fraction of sp³-hybridized carbons (Fsp3) is 0.412. The van der Waals surface area contributed by atoms with Crippen molar-refractivity contribution in [1.82, 2.24) is 4.98 Å². The van der Waals surface area contributed by atoms with Crippen LogP contribution in [0.1, 0.15) is 35.6 Å². The Kier molecular flexibility index (Phi) is 3.20. The van der Waals surface area contributed by atoms with E-state index in [0.29, 0.717) is 18.8 Å². The summed E-state index contributed by atoms with van der Waals surface area (Å²) < 4.78 is 1.12. The van der Waals surface area contributed by atoms with Gasteiger partial charge >= 0.3 is 5.97 Å². The number of carboxylic acids is 1. The van der Waals surface area contributed by atoms with Crippen molar-refractivity contribution in [3.63, 3.8) is 0 Å². The molecule has 0 spiro atoms. The number of fused-ring (bicyclic) bond motifs is 2. The molecule has 5 heteroatoms. The van der Waals surface area contributed by atoms with E-state index in [-0.39, 0.29) is 6.61 Å². The van der Waals surface area contributed by atoms with Gasteiger partial charge in [-0.05, 0) is 76.9 Å². The first-order valence-electron chi connectivity index (χ1n) is 7.48. The first-order valence-corrected chi connectivity index (χ1v) is 8.56. The zero-order valence-corrected chi connectivity index (χ0v) is 14.1. The quantitative estimate of drug-likeness (QED) is 0.766.